The first-order valence-electron chi connectivity index (χ1n) is 3.75. The minimum atomic E-state index is 0.444. The Labute approximate surface area is 80.4 Å². The van der Waals surface area contributed by atoms with Crippen molar-refractivity contribution in [2.24, 2.45) is 0 Å². The summed E-state index contributed by atoms with van der Waals surface area (Å²) in [6.07, 6.45) is 1.69. The van der Waals surface area contributed by atoms with Gasteiger partial charge in [-0.1, -0.05) is 11.2 Å². The first-order valence-corrected chi connectivity index (χ1v) is 4.38. The number of nitrogens with zero attached hydrogens (tertiary/aromatic N) is 3. The largest absolute Gasteiger partial charge is 0.338 e. The van der Waals surface area contributed by atoms with Crippen LogP contribution in [0.15, 0.2) is 28.9 Å². The molecule has 2 rings (SSSR count). The highest BCUT2D eigenvalue weighted by molar-refractivity contribution is 7.79. The van der Waals surface area contributed by atoms with E-state index in [0.29, 0.717) is 23.2 Å². The van der Waals surface area contributed by atoms with Crippen LogP contribution in [-0.2, 0) is 5.75 Å². The van der Waals surface area contributed by atoms with Crippen molar-refractivity contribution in [2.45, 2.75) is 5.75 Å². The molecule has 2 aromatic rings. The Morgan fingerprint density at radius 1 is 1.38 bits per heavy atom. The third kappa shape index (κ3) is 1.70. The lowest BCUT2D eigenvalue weighted by atomic mass is 10.3. The summed E-state index contributed by atoms with van der Waals surface area (Å²) in [5, 5.41) is 3.76. The van der Waals surface area contributed by atoms with Crippen molar-refractivity contribution in [1.29, 1.82) is 0 Å². The molecule has 0 saturated heterocycles. The van der Waals surface area contributed by atoms with Gasteiger partial charge in [0, 0.05) is 6.20 Å². The lowest BCUT2D eigenvalue weighted by molar-refractivity contribution is 0.392. The molecular weight excluding hydrogens is 186 g/mol. The molecule has 0 unspecified atom stereocenters. The zero-order valence-electron chi connectivity index (χ0n) is 6.71. The lowest BCUT2D eigenvalue weighted by Crippen LogP contribution is -1.84. The van der Waals surface area contributed by atoms with Crippen LogP contribution >= 0.6 is 12.6 Å². The molecular formula is C8H7N3OS. The van der Waals surface area contributed by atoms with Crippen LogP contribution in [0.2, 0.25) is 0 Å². The molecule has 0 saturated carbocycles. The Bertz CT molecular complexity index is 387. The van der Waals surface area contributed by atoms with Gasteiger partial charge in [-0.25, -0.2) is 0 Å². The molecule has 0 atom stereocenters. The van der Waals surface area contributed by atoms with E-state index in [1.54, 1.807) is 6.20 Å². The zero-order chi connectivity index (χ0) is 9.10. The van der Waals surface area contributed by atoms with Gasteiger partial charge in [-0.15, -0.1) is 0 Å². The highest BCUT2D eigenvalue weighted by Crippen LogP contribution is 2.12. The highest BCUT2D eigenvalue weighted by Gasteiger charge is 2.06. The Morgan fingerprint density at radius 2 is 2.31 bits per heavy atom. The minimum absolute atomic E-state index is 0.444. The van der Waals surface area contributed by atoms with Crippen LogP contribution in [0.1, 0.15) is 5.89 Å². The van der Waals surface area contributed by atoms with E-state index in [9.17, 15) is 0 Å². The molecule has 2 heterocycles. The number of aromatic nitrogens is 3. The zero-order valence-corrected chi connectivity index (χ0v) is 7.61. The summed E-state index contributed by atoms with van der Waals surface area (Å²) in [5.74, 6) is 1.45. The van der Waals surface area contributed by atoms with Crippen molar-refractivity contribution in [3.05, 3.63) is 30.3 Å². The predicted octanol–water partition coefficient (Wildman–Crippen LogP) is 1.56. The summed E-state index contributed by atoms with van der Waals surface area (Å²) in [6.45, 7) is 0. The monoisotopic (exact) mass is 193 g/mol. The van der Waals surface area contributed by atoms with Gasteiger partial charge in [0.2, 0.25) is 11.7 Å². The molecule has 66 valence electrons. The first kappa shape index (κ1) is 8.25. The number of thiol groups is 1. The number of rotatable bonds is 2. The van der Waals surface area contributed by atoms with Crippen molar-refractivity contribution in [1.82, 2.24) is 15.1 Å². The predicted molar refractivity (Wildman–Crippen MR) is 50.2 cm³/mol. The minimum Gasteiger partial charge on any atom is -0.338 e. The van der Waals surface area contributed by atoms with Crippen LogP contribution < -0.4 is 0 Å². The molecule has 0 aromatic carbocycles. The second kappa shape index (κ2) is 3.57. The maximum Gasteiger partial charge on any atom is 0.236 e. The first-order chi connectivity index (χ1) is 6.40. The number of hydrogen-bond acceptors (Lipinski definition) is 5. The molecule has 2 aromatic heterocycles. The molecule has 0 aliphatic rings. The van der Waals surface area contributed by atoms with Gasteiger partial charge in [-0.05, 0) is 12.1 Å². The smallest absolute Gasteiger partial charge is 0.236 e. The van der Waals surface area contributed by atoms with Crippen LogP contribution in [0.25, 0.3) is 11.5 Å². The second-order valence-electron chi connectivity index (χ2n) is 2.38. The van der Waals surface area contributed by atoms with Crippen LogP contribution in [0.3, 0.4) is 0 Å². The van der Waals surface area contributed by atoms with Crippen molar-refractivity contribution in [3.8, 4) is 11.5 Å². The maximum absolute atomic E-state index is 4.89. The van der Waals surface area contributed by atoms with Gasteiger partial charge in [0.05, 0.1) is 5.75 Å². The Kier molecular flexibility index (Phi) is 2.27. The van der Waals surface area contributed by atoms with Crippen molar-refractivity contribution >= 4 is 12.6 Å². The molecule has 5 heteroatoms. The summed E-state index contributed by atoms with van der Waals surface area (Å²) >= 11 is 4.02. The fourth-order valence-corrected chi connectivity index (χ4v) is 1.05. The van der Waals surface area contributed by atoms with E-state index in [-0.39, 0.29) is 0 Å². The summed E-state index contributed by atoms with van der Waals surface area (Å²) in [7, 11) is 0. The molecule has 0 bridgehead atoms. The molecule has 0 aliphatic heterocycles. The molecule has 0 amide bonds. The number of hydrogen-bond donors (Lipinski definition) is 1. The number of pyridine rings is 1. The molecule has 13 heavy (non-hydrogen) atoms. The van der Waals surface area contributed by atoms with Gasteiger partial charge in [0.15, 0.2) is 0 Å². The molecule has 0 N–H and O–H groups in total. The van der Waals surface area contributed by atoms with E-state index in [2.05, 4.69) is 27.8 Å². The maximum atomic E-state index is 4.89. The molecule has 4 nitrogen and oxygen atoms in total. The van der Waals surface area contributed by atoms with Crippen LogP contribution in [0.4, 0.5) is 0 Å². The summed E-state index contributed by atoms with van der Waals surface area (Å²) in [6, 6.07) is 5.54. The standard InChI is InChI=1S/C8H7N3OS/c13-5-7-10-8(11-12-7)6-3-1-2-4-9-6/h1-4,13H,5H2. The molecule has 0 spiro atoms. The van der Waals surface area contributed by atoms with Gasteiger partial charge in [-0.2, -0.15) is 17.6 Å². The van der Waals surface area contributed by atoms with Gasteiger partial charge < -0.3 is 4.52 Å². The van der Waals surface area contributed by atoms with E-state index < -0.39 is 0 Å². The fraction of sp³-hybridized carbons (Fsp3) is 0.125. The quantitative estimate of drug-likeness (QED) is 0.735. The van der Waals surface area contributed by atoms with E-state index in [1.807, 2.05) is 18.2 Å². The van der Waals surface area contributed by atoms with Crippen molar-refractivity contribution in [2.75, 3.05) is 0 Å². The van der Waals surface area contributed by atoms with E-state index in [1.165, 1.54) is 0 Å². The van der Waals surface area contributed by atoms with Crippen LogP contribution in [0, 0.1) is 0 Å². The average Bonchev–Trinajstić information content (AvgIpc) is 2.67. The summed E-state index contributed by atoms with van der Waals surface area (Å²) < 4.78 is 4.89. The van der Waals surface area contributed by atoms with Crippen LogP contribution in [-0.4, -0.2) is 15.1 Å². The third-order valence-electron chi connectivity index (χ3n) is 1.50. The Hall–Kier alpha value is -1.36. The third-order valence-corrected chi connectivity index (χ3v) is 1.77. The average molecular weight is 193 g/mol. The van der Waals surface area contributed by atoms with Crippen molar-refractivity contribution < 1.29 is 4.52 Å². The lowest BCUT2D eigenvalue weighted by Gasteiger charge is -1.88. The second-order valence-corrected chi connectivity index (χ2v) is 2.70. The topological polar surface area (TPSA) is 51.8 Å². The Balaban J connectivity index is 2.36. The van der Waals surface area contributed by atoms with E-state index in [0.717, 1.165) is 0 Å². The van der Waals surface area contributed by atoms with E-state index >= 15 is 0 Å². The molecule has 0 fully saturated rings. The molecule has 0 aliphatic carbocycles. The highest BCUT2D eigenvalue weighted by atomic mass is 32.1. The van der Waals surface area contributed by atoms with E-state index in [4.69, 9.17) is 4.52 Å². The van der Waals surface area contributed by atoms with Crippen LogP contribution in [0.5, 0.6) is 0 Å². The van der Waals surface area contributed by atoms with Crippen molar-refractivity contribution in [3.63, 3.8) is 0 Å². The summed E-state index contributed by atoms with van der Waals surface area (Å²) in [4.78, 5) is 8.17. The normalized spacial score (nSPS) is 10.2. The van der Waals surface area contributed by atoms with Gasteiger partial charge in [-0.3, -0.25) is 4.98 Å². The van der Waals surface area contributed by atoms with Gasteiger partial charge >= 0.3 is 0 Å². The molecule has 0 radical (unpaired) electrons. The van der Waals surface area contributed by atoms with Gasteiger partial charge in [0.1, 0.15) is 5.69 Å². The fourth-order valence-electron chi connectivity index (χ4n) is 0.918. The summed E-state index contributed by atoms with van der Waals surface area (Å²) in [5.41, 5.74) is 0.708. The SMILES string of the molecule is SCc1nc(-c2ccccn2)no1. The Morgan fingerprint density at radius 3 is 2.92 bits per heavy atom. The van der Waals surface area contributed by atoms with Gasteiger partial charge in [0.25, 0.3) is 0 Å².